The lowest BCUT2D eigenvalue weighted by Gasteiger charge is -2.28. The monoisotopic (exact) mass is 447 g/mol. The number of sulfonamides is 1. The second kappa shape index (κ2) is 8.43. The van der Waals surface area contributed by atoms with E-state index in [1.54, 1.807) is 31.6 Å². The fraction of sp³-hybridized carbons (Fsp3) is 0.350. The smallest absolute Gasteiger partial charge is 0.238 e. The van der Waals surface area contributed by atoms with Gasteiger partial charge in [-0.05, 0) is 43.4 Å². The third-order valence-electron chi connectivity index (χ3n) is 5.41. The molecule has 0 atom stereocenters. The van der Waals surface area contributed by atoms with E-state index < -0.39 is 10.0 Å². The molecule has 0 unspecified atom stereocenters. The summed E-state index contributed by atoms with van der Waals surface area (Å²) < 4.78 is 28.5. The van der Waals surface area contributed by atoms with E-state index >= 15 is 0 Å². The summed E-state index contributed by atoms with van der Waals surface area (Å²) in [5, 5.41) is 9.53. The van der Waals surface area contributed by atoms with Gasteiger partial charge in [0.15, 0.2) is 0 Å². The molecule has 10 heteroatoms. The molecule has 2 aromatic heterocycles. The van der Waals surface area contributed by atoms with Crippen LogP contribution in [-0.2, 0) is 14.8 Å². The number of fused-ring (bicyclic) bond motifs is 1. The van der Waals surface area contributed by atoms with Crippen LogP contribution in [0.25, 0.3) is 22.0 Å². The van der Waals surface area contributed by atoms with Gasteiger partial charge >= 0.3 is 0 Å². The number of nitrogens with one attached hydrogen (secondary N) is 1. The van der Waals surface area contributed by atoms with Crippen molar-refractivity contribution in [1.82, 2.24) is 15.0 Å². The number of ether oxygens (including phenoxy) is 1. The molecule has 0 amide bonds. The molecule has 0 spiro atoms. The average Bonchev–Trinajstić information content (AvgIpc) is 2.74. The van der Waals surface area contributed by atoms with Gasteiger partial charge in [0.25, 0.3) is 0 Å². The highest BCUT2D eigenvalue weighted by Crippen LogP contribution is 2.31. The highest BCUT2D eigenvalue weighted by atomic mass is 35.5. The highest BCUT2D eigenvalue weighted by molar-refractivity contribution is 7.89. The molecular formula is C20H22ClN5O3S. The number of rotatable bonds is 5. The first-order chi connectivity index (χ1) is 14.3. The third-order valence-corrected chi connectivity index (χ3v) is 6.64. The number of methoxy groups -OCH3 is 1. The lowest BCUT2D eigenvalue weighted by atomic mass is 9.93. The van der Waals surface area contributed by atoms with Crippen molar-refractivity contribution in [2.24, 2.45) is 5.14 Å². The number of halogens is 1. The van der Waals surface area contributed by atoms with Crippen LogP contribution < -0.4 is 10.5 Å². The predicted octanol–water partition coefficient (Wildman–Crippen LogP) is 3.36. The van der Waals surface area contributed by atoms with E-state index in [2.05, 4.69) is 15.3 Å². The third kappa shape index (κ3) is 4.39. The van der Waals surface area contributed by atoms with Crippen LogP contribution in [0.1, 0.15) is 25.7 Å². The van der Waals surface area contributed by atoms with Crippen molar-refractivity contribution in [1.29, 1.82) is 0 Å². The standard InChI is InChI=1S/C20H22ClN5O3S/c1-29-14-6-4-13(5-7-14)25-20-24-11-17-18(26-20)16(10-23-19(17)21)12-2-8-15(9-3-12)30(22,27)28/h2-3,8-11,13-14H,4-7H2,1H3,(H2,22,27,28)(H,24,25,26)/t13-,14-. The molecule has 0 bridgehead atoms. The molecule has 1 aromatic carbocycles. The Morgan fingerprint density at radius 3 is 2.43 bits per heavy atom. The minimum Gasteiger partial charge on any atom is -0.381 e. The van der Waals surface area contributed by atoms with Crippen LogP contribution in [0.2, 0.25) is 5.15 Å². The van der Waals surface area contributed by atoms with Gasteiger partial charge in [-0.15, -0.1) is 0 Å². The molecule has 2 heterocycles. The van der Waals surface area contributed by atoms with E-state index in [1.165, 1.54) is 12.1 Å². The van der Waals surface area contributed by atoms with E-state index in [1.807, 2.05) is 0 Å². The first-order valence-electron chi connectivity index (χ1n) is 9.59. The second-order valence-electron chi connectivity index (χ2n) is 7.34. The summed E-state index contributed by atoms with van der Waals surface area (Å²) >= 11 is 6.26. The topological polar surface area (TPSA) is 120 Å². The van der Waals surface area contributed by atoms with Crippen LogP contribution in [0.15, 0.2) is 41.6 Å². The van der Waals surface area contributed by atoms with Crippen molar-refractivity contribution in [2.75, 3.05) is 12.4 Å². The summed E-state index contributed by atoms with van der Waals surface area (Å²) in [6.07, 6.45) is 7.56. The van der Waals surface area contributed by atoms with E-state index in [9.17, 15) is 8.42 Å². The molecule has 1 fully saturated rings. The Bertz CT molecular complexity index is 1160. The summed E-state index contributed by atoms with van der Waals surface area (Å²) in [6, 6.07) is 6.54. The predicted molar refractivity (Wildman–Crippen MR) is 116 cm³/mol. The highest BCUT2D eigenvalue weighted by Gasteiger charge is 2.22. The van der Waals surface area contributed by atoms with Gasteiger partial charge in [0.05, 0.1) is 21.9 Å². The second-order valence-corrected chi connectivity index (χ2v) is 9.26. The Morgan fingerprint density at radius 2 is 1.80 bits per heavy atom. The Kier molecular flexibility index (Phi) is 5.88. The molecular weight excluding hydrogens is 426 g/mol. The fourth-order valence-corrected chi connectivity index (χ4v) is 4.42. The number of benzene rings is 1. The molecule has 30 heavy (non-hydrogen) atoms. The molecule has 158 valence electrons. The van der Waals surface area contributed by atoms with Crippen LogP contribution in [0.3, 0.4) is 0 Å². The molecule has 8 nitrogen and oxygen atoms in total. The first kappa shape index (κ1) is 20.9. The van der Waals surface area contributed by atoms with E-state index in [-0.39, 0.29) is 10.9 Å². The Balaban J connectivity index is 1.67. The van der Waals surface area contributed by atoms with Gasteiger partial charge < -0.3 is 10.1 Å². The lowest BCUT2D eigenvalue weighted by Crippen LogP contribution is -2.29. The van der Waals surface area contributed by atoms with Crippen LogP contribution in [-0.4, -0.2) is 42.6 Å². The summed E-state index contributed by atoms with van der Waals surface area (Å²) in [5.74, 6) is 0.521. The first-order valence-corrected chi connectivity index (χ1v) is 11.5. The number of pyridine rings is 1. The number of hydrogen-bond acceptors (Lipinski definition) is 7. The molecule has 1 aliphatic rings. The van der Waals surface area contributed by atoms with E-state index in [0.717, 1.165) is 36.8 Å². The quantitative estimate of drug-likeness (QED) is 0.575. The van der Waals surface area contributed by atoms with Crippen LogP contribution in [0.5, 0.6) is 0 Å². The SMILES string of the molecule is CO[C@H]1CC[C@H](Nc2ncc3c(Cl)ncc(-c4ccc(S(N)(=O)=O)cc4)c3n2)CC1. The molecule has 0 radical (unpaired) electrons. The maximum absolute atomic E-state index is 11.5. The Labute approximate surface area is 179 Å². The van der Waals surface area contributed by atoms with Crippen LogP contribution in [0.4, 0.5) is 5.95 Å². The van der Waals surface area contributed by atoms with Gasteiger partial charge in [0, 0.05) is 31.1 Å². The van der Waals surface area contributed by atoms with Gasteiger partial charge in [-0.1, -0.05) is 23.7 Å². The Morgan fingerprint density at radius 1 is 1.10 bits per heavy atom. The molecule has 0 saturated heterocycles. The minimum atomic E-state index is -3.76. The maximum atomic E-state index is 11.5. The average molecular weight is 448 g/mol. The van der Waals surface area contributed by atoms with Crippen molar-refractivity contribution in [3.8, 4) is 11.1 Å². The van der Waals surface area contributed by atoms with E-state index in [0.29, 0.717) is 28.1 Å². The molecule has 1 saturated carbocycles. The van der Waals surface area contributed by atoms with Gasteiger partial charge in [-0.25, -0.2) is 28.5 Å². The molecule has 4 rings (SSSR count). The summed E-state index contributed by atoms with van der Waals surface area (Å²) in [7, 11) is -2.01. The summed E-state index contributed by atoms with van der Waals surface area (Å²) in [6.45, 7) is 0. The largest absolute Gasteiger partial charge is 0.381 e. The van der Waals surface area contributed by atoms with Crippen LogP contribution in [0, 0.1) is 0 Å². The molecule has 3 aromatic rings. The van der Waals surface area contributed by atoms with Crippen molar-refractivity contribution in [3.05, 3.63) is 41.8 Å². The molecule has 3 N–H and O–H groups in total. The normalized spacial score (nSPS) is 19.7. The van der Waals surface area contributed by atoms with E-state index in [4.69, 9.17) is 26.5 Å². The molecule has 0 aliphatic heterocycles. The van der Waals surface area contributed by atoms with Gasteiger partial charge in [0.2, 0.25) is 16.0 Å². The molecule has 1 aliphatic carbocycles. The number of anilines is 1. The fourth-order valence-electron chi connectivity index (χ4n) is 3.72. The zero-order valence-electron chi connectivity index (χ0n) is 16.4. The maximum Gasteiger partial charge on any atom is 0.238 e. The number of nitrogens with zero attached hydrogens (tertiary/aromatic N) is 3. The van der Waals surface area contributed by atoms with Crippen molar-refractivity contribution < 1.29 is 13.2 Å². The minimum absolute atomic E-state index is 0.0427. The van der Waals surface area contributed by atoms with Crippen molar-refractivity contribution >= 4 is 38.5 Å². The number of hydrogen-bond donors (Lipinski definition) is 2. The summed E-state index contributed by atoms with van der Waals surface area (Å²) in [4.78, 5) is 13.4. The zero-order chi connectivity index (χ0) is 21.3. The van der Waals surface area contributed by atoms with Crippen molar-refractivity contribution in [2.45, 2.75) is 42.7 Å². The Hall–Kier alpha value is -2.33. The lowest BCUT2D eigenvalue weighted by molar-refractivity contribution is 0.0681. The summed E-state index contributed by atoms with van der Waals surface area (Å²) in [5.41, 5.74) is 2.12. The number of primary sulfonamides is 1. The van der Waals surface area contributed by atoms with Gasteiger partial charge in [-0.2, -0.15) is 0 Å². The van der Waals surface area contributed by atoms with Crippen molar-refractivity contribution in [3.63, 3.8) is 0 Å². The number of aromatic nitrogens is 3. The van der Waals surface area contributed by atoms with Gasteiger partial charge in [-0.3, -0.25) is 0 Å². The van der Waals surface area contributed by atoms with Gasteiger partial charge in [0.1, 0.15) is 5.15 Å². The zero-order valence-corrected chi connectivity index (χ0v) is 17.9. The number of nitrogens with two attached hydrogens (primary N) is 1. The van der Waals surface area contributed by atoms with Crippen LogP contribution >= 0.6 is 11.6 Å².